The van der Waals surface area contributed by atoms with Gasteiger partial charge in [0, 0.05) is 30.7 Å². The standard InChI is InChI=1S/C15H19BrN6O3/c1-20-18-14(17-19-20)13(10-11-2-4-12(16)5-3-11)21-6-8-22(9-7-21)25-15(23)24/h2-5,13H,6-10H2,1H3,(H,23,24). The molecule has 1 unspecified atom stereocenters. The summed E-state index contributed by atoms with van der Waals surface area (Å²) in [7, 11) is 1.74. The van der Waals surface area contributed by atoms with Crippen LogP contribution >= 0.6 is 15.9 Å². The van der Waals surface area contributed by atoms with Crippen LogP contribution in [0.15, 0.2) is 28.7 Å². The lowest BCUT2D eigenvalue weighted by Gasteiger charge is -2.36. The van der Waals surface area contributed by atoms with Gasteiger partial charge in [0.15, 0.2) is 5.82 Å². The zero-order valence-electron chi connectivity index (χ0n) is 13.7. The minimum Gasteiger partial charge on any atom is -0.448 e. The van der Waals surface area contributed by atoms with Gasteiger partial charge < -0.3 is 9.94 Å². The Morgan fingerprint density at radius 2 is 1.96 bits per heavy atom. The fraction of sp³-hybridized carbons (Fsp3) is 0.467. The van der Waals surface area contributed by atoms with E-state index in [0.717, 1.165) is 10.9 Å². The molecule has 1 aliphatic heterocycles. The van der Waals surface area contributed by atoms with Gasteiger partial charge in [-0.05, 0) is 29.3 Å². The third-order valence-corrected chi connectivity index (χ3v) is 4.61. The molecule has 2 heterocycles. The number of aromatic nitrogens is 4. The van der Waals surface area contributed by atoms with Gasteiger partial charge in [-0.1, -0.05) is 28.1 Å². The molecular formula is C15H19BrN6O3. The van der Waals surface area contributed by atoms with E-state index in [1.807, 2.05) is 12.1 Å². The van der Waals surface area contributed by atoms with Gasteiger partial charge in [0.05, 0.1) is 13.1 Å². The number of carbonyl (C=O) groups is 1. The molecule has 1 N–H and O–H groups in total. The average Bonchev–Trinajstić information content (AvgIpc) is 3.01. The van der Waals surface area contributed by atoms with Gasteiger partial charge in [0.1, 0.15) is 0 Å². The monoisotopic (exact) mass is 410 g/mol. The summed E-state index contributed by atoms with van der Waals surface area (Å²) in [6, 6.07) is 8.13. The topological polar surface area (TPSA) is 96.6 Å². The van der Waals surface area contributed by atoms with Crippen molar-refractivity contribution in [1.29, 1.82) is 0 Å². The van der Waals surface area contributed by atoms with Crippen molar-refractivity contribution in [2.45, 2.75) is 12.5 Å². The average molecular weight is 411 g/mol. The van der Waals surface area contributed by atoms with Gasteiger partial charge in [-0.25, -0.2) is 4.79 Å². The number of hydroxylamine groups is 2. The molecule has 9 nitrogen and oxygen atoms in total. The highest BCUT2D eigenvalue weighted by Crippen LogP contribution is 2.24. The first-order valence-electron chi connectivity index (χ1n) is 7.89. The Bertz CT molecular complexity index is 714. The summed E-state index contributed by atoms with van der Waals surface area (Å²) in [5, 5.41) is 22.7. The molecule has 1 aromatic carbocycles. The van der Waals surface area contributed by atoms with E-state index in [-0.39, 0.29) is 6.04 Å². The van der Waals surface area contributed by atoms with E-state index in [2.05, 4.69) is 48.4 Å². The van der Waals surface area contributed by atoms with Crippen molar-refractivity contribution in [3.05, 3.63) is 40.1 Å². The van der Waals surface area contributed by atoms with Gasteiger partial charge >= 0.3 is 6.16 Å². The fourth-order valence-electron chi connectivity index (χ4n) is 2.88. The van der Waals surface area contributed by atoms with E-state index in [9.17, 15) is 4.79 Å². The fourth-order valence-corrected chi connectivity index (χ4v) is 3.14. The second kappa shape index (κ2) is 7.89. The van der Waals surface area contributed by atoms with Crippen molar-refractivity contribution < 1.29 is 14.7 Å². The zero-order valence-corrected chi connectivity index (χ0v) is 15.3. The Labute approximate surface area is 153 Å². The number of tetrazole rings is 1. The molecule has 0 bridgehead atoms. The number of hydrogen-bond acceptors (Lipinski definition) is 7. The quantitative estimate of drug-likeness (QED) is 0.791. The Morgan fingerprint density at radius 1 is 1.28 bits per heavy atom. The van der Waals surface area contributed by atoms with Crippen LogP contribution in [-0.2, 0) is 18.3 Å². The van der Waals surface area contributed by atoms with Crippen molar-refractivity contribution in [2.24, 2.45) is 7.05 Å². The molecule has 134 valence electrons. The van der Waals surface area contributed by atoms with Gasteiger partial charge in [-0.2, -0.15) is 4.80 Å². The molecule has 0 aliphatic carbocycles. The molecular weight excluding hydrogens is 392 g/mol. The largest absolute Gasteiger partial charge is 0.525 e. The lowest BCUT2D eigenvalue weighted by Crippen LogP contribution is -2.48. The number of carboxylic acid groups (broad SMARTS) is 1. The number of hydrogen-bond donors (Lipinski definition) is 1. The molecule has 1 aromatic heterocycles. The van der Waals surface area contributed by atoms with Gasteiger partial charge in [-0.15, -0.1) is 15.3 Å². The molecule has 1 saturated heterocycles. The molecule has 0 radical (unpaired) electrons. The molecule has 10 heteroatoms. The van der Waals surface area contributed by atoms with Crippen molar-refractivity contribution >= 4 is 22.1 Å². The van der Waals surface area contributed by atoms with Crippen LogP contribution in [0.1, 0.15) is 17.4 Å². The highest BCUT2D eigenvalue weighted by atomic mass is 79.9. The van der Waals surface area contributed by atoms with Crippen LogP contribution in [0.5, 0.6) is 0 Å². The highest BCUT2D eigenvalue weighted by molar-refractivity contribution is 9.10. The summed E-state index contributed by atoms with van der Waals surface area (Å²) >= 11 is 3.45. The number of piperazine rings is 1. The van der Waals surface area contributed by atoms with E-state index in [4.69, 9.17) is 9.94 Å². The molecule has 1 atom stereocenters. The highest BCUT2D eigenvalue weighted by Gasteiger charge is 2.29. The maximum atomic E-state index is 10.7. The lowest BCUT2D eigenvalue weighted by atomic mass is 10.0. The molecule has 0 amide bonds. The summed E-state index contributed by atoms with van der Waals surface area (Å²) < 4.78 is 1.03. The molecule has 0 saturated carbocycles. The molecule has 0 spiro atoms. The van der Waals surface area contributed by atoms with Crippen LogP contribution in [0.2, 0.25) is 0 Å². The predicted octanol–water partition coefficient (Wildman–Crippen LogP) is 1.48. The van der Waals surface area contributed by atoms with E-state index >= 15 is 0 Å². The van der Waals surface area contributed by atoms with E-state index in [0.29, 0.717) is 32.0 Å². The lowest BCUT2D eigenvalue weighted by molar-refractivity contribution is -0.143. The Morgan fingerprint density at radius 3 is 2.52 bits per heavy atom. The van der Waals surface area contributed by atoms with Gasteiger partial charge in [-0.3, -0.25) is 4.90 Å². The van der Waals surface area contributed by atoms with Crippen LogP contribution in [0.3, 0.4) is 0 Å². The predicted molar refractivity (Wildman–Crippen MR) is 91.6 cm³/mol. The van der Waals surface area contributed by atoms with Crippen LogP contribution in [0.25, 0.3) is 0 Å². The number of halogens is 1. The minimum atomic E-state index is -1.28. The van der Waals surface area contributed by atoms with E-state index in [1.165, 1.54) is 15.4 Å². The molecule has 2 aromatic rings. The van der Waals surface area contributed by atoms with Crippen LogP contribution in [0.4, 0.5) is 4.79 Å². The van der Waals surface area contributed by atoms with Crippen LogP contribution in [-0.4, -0.2) is 67.6 Å². The van der Waals surface area contributed by atoms with Gasteiger partial charge in [0.25, 0.3) is 0 Å². The molecule has 1 aliphatic rings. The van der Waals surface area contributed by atoms with Crippen molar-refractivity contribution in [1.82, 2.24) is 30.2 Å². The second-order valence-electron chi connectivity index (χ2n) is 5.81. The van der Waals surface area contributed by atoms with Crippen molar-refractivity contribution in [3.63, 3.8) is 0 Å². The number of nitrogens with zero attached hydrogens (tertiary/aromatic N) is 6. The first-order chi connectivity index (χ1) is 12.0. The number of aryl methyl sites for hydroxylation is 1. The first kappa shape index (κ1) is 17.8. The van der Waals surface area contributed by atoms with Crippen molar-refractivity contribution in [3.8, 4) is 0 Å². The van der Waals surface area contributed by atoms with Gasteiger partial charge in [0.2, 0.25) is 0 Å². The molecule has 3 rings (SSSR count). The number of rotatable bonds is 5. The third kappa shape index (κ3) is 4.74. The Hall–Kier alpha value is -2.04. The van der Waals surface area contributed by atoms with Crippen LogP contribution in [0, 0.1) is 0 Å². The molecule has 1 fully saturated rings. The summed E-state index contributed by atoms with van der Waals surface area (Å²) in [4.78, 5) is 19.1. The molecule has 25 heavy (non-hydrogen) atoms. The maximum Gasteiger partial charge on any atom is 0.525 e. The van der Waals surface area contributed by atoms with Crippen molar-refractivity contribution in [2.75, 3.05) is 26.2 Å². The first-order valence-corrected chi connectivity index (χ1v) is 8.69. The summed E-state index contributed by atoms with van der Waals surface area (Å²) in [6.07, 6.45) is -0.533. The second-order valence-corrected chi connectivity index (χ2v) is 6.72. The normalized spacial score (nSPS) is 17.4. The van der Waals surface area contributed by atoms with E-state index in [1.54, 1.807) is 7.05 Å². The van der Waals surface area contributed by atoms with Crippen LogP contribution < -0.4 is 0 Å². The minimum absolute atomic E-state index is 0.0261. The van der Waals surface area contributed by atoms with E-state index < -0.39 is 6.16 Å². The maximum absolute atomic E-state index is 10.7. The SMILES string of the molecule is Cn1nnc(C(Cc2ccc(Br)cc2)N2CCN(OC(=O)O)CC2)n1. The summed E-state index contributed by atoms with van der Waals surface area (Å²) in [6.45, 7) is 2.33. The third-order valence-electron chi connectivity index (χ3n) is 4.09. The zero-order chi connectivity index (χ0) is 17.8. The smallest absolute Gasteiger partial charge is 0.448 e. The number of benzene rings is 1. The Balaban J connectivity index is 1.73. The summed E-state index contributed by atoms with van der Waals surface area (Å²) in [5.74, 6) is 0.665. The summed E-state index contributed by atoms with van der Waals surface area (Å²) in [5.41, 5.74) is 1.17. The Kier molecular flexibility index (Phi) is 5.61.